The standard InChI is InChI=1S/C14H15BrN2O2S/c1-2-18-12-7-9(14(16)17)3-5-11(12)19-8-10-4-6-13(15)20-10/h3-7H,2,8H2,1H3,(H3,16,17). The Morgan fingerprint density at radius 2 is 2.05 bits per heavy atom. The first-order valence-electron chi connectivity index (χ1n) is 6.08. The molecule has 0 aliphatic carbocycles. The first kappa shape index (κ1) is 14.9. The van der Waals surface area contributed by atoms with Crippen LogP contribution >= 0.6 is 27.3 Å². The summed E-state index contributed by atoms with van der Waals surface area (Å²) in [6, 6.07) is 9.27. The molecule has 2 aromatic rings. The number of benzene rings is 1. The van der Waals surface area contributed by atoms with Gasteiger partial charge >= 0.3 is 0 Å². The number of ether oxygens (including phenoxy) is 2. The Balaban J connectivity index is 2.15. The van der Waals surface area contributed by atoms with Crippen molar-refractivity contribution in [1.82, 2.24) is 0 Å². The number of nitrogens with two attached hydrogens (primary N) is 1. The number of nitrogens with one attached hydrogen (secondary N) is 1. The fourth-order valence-electron chi connectivity index (χ4n) is 1.64. The molecule has 0 saturated heterocycles. The molecule has 6 heteroatoms. The maximum absolute atomic E-state index is 7.45. The third-order valence-electron chi connectivity index (χ3n) is 2.55. The summed E-state index contributed by atoms with van der Waals surface area (Å²) in [7, 11) is 0. The Bertz CT molecular complexity index is 613. The summed E-state index contributed by atoms with van der Waals surface area (Å²) in [5.41, 5.74) is 6.10. The van der Waals surface area contributed by atoms with E-state index in [2.05, 4.69) is 15.9 Å². The monoisotopic (exact) mass is 354 g/mol. The summed E-state index contributed by atoms with van der Waals surface area (Å²) in [6.45, 7) is 2.92. The quantitative estimate of drug-likeness (QED) is 0.612. The summed E-state index contributed by atoms with van der Waals surface area (Å²) < 4.78 is 12.4. The van der Waals surface area contributed by atoms with E-state index in [0.29, 0.717) is 30.3 Å². The summed E-state index contributed by atoms with van der Waals surface area (Å²) in [5.74, 6) is 1.27. The first-order chi connectivity index (χ1) is 9.60. The van der Waals surface area contributed by atoms with Crippen molar-refractivity contribution in [3.63, 3.8) is 0 Å². The molecule has 0 aliphatic rings. The Morgan fingerprint density at radius 1 is 1.25 bits per heavy atom. The van der Waals surface area contributed by atoms with Crippen molar-refractivity contribution in [1.29, 1.82) is 5.41 Å². The molecule has 0 bridgehead atoms. The van der Waals surface area contributed by atoms with Crippen molar-refractivity contribution >= 4 is 33.1 Å². The summed E-state index contributed by atoms with van der Waals surface area (Å²) in [5, 5.41) is 7.45. The maximum Gasteiger partial charge on any atom is 0.161 e. The van der Waals surface area contributed by atoms with Gasteiger partial charge in [-0.2, -0.15) is 0 Å². The van der Waals surface area contributed by atoms with E-state index < -0.39 is 0 Å². The molecule has 0 fully saturated rings. The SMILES string of the molecule is CCOc1cc(C(=N)N)ccc1OCc1ccc(Br)s1. The van der Waals surface area contributed by atoms with Gasteiger partial charge in [-0.1, -0.05) is 0 Å². The number of rotatable bonds is 6. The summed E-state index contributed by atoms with van der Waals surface area (Å²) >= 11 is 5.05. The van der Waals surface area contributed by atoms with Crippen LogP contribution in [0.2, 0.25) is 0 Å². The summed E-state index contributed by atoms with van der Waals surface area (Å²) in [4.78, 5) is 1.12. The number of amidine groups is 1. The van der Waals surface area contributed by atoms with Crippen LogP contribution in [0.4, 0.5) is 0 Å². The van der Waals surface area contributed by atoms with E-state index >= 15 is 0 Å². The average molecular weight is 355 g/mol. The van der Waals surface area contributed by atoms with E-state index in [1.807, 2.05) is 19.1 Å². The number of nitrogen functional groups attached to an aromatic ring is 1. The molecule has 0 amide bonds. The van der Waals surface area contributed by atoms with E-state index in [0.717, 1.165) is 8.66 Å². The lowest BCUT2D eigenvalue weighted by molar-refractivity contribution is 0.271. The van der Waals surface area contributed by atoms with E-state index in [1.54, 1.807) is 29.5 Å². The second-order valence-corrected chi connectivity index (χ2v) is 6.55. The molecule has 20 heavy (non-hydrogen) atoms. The number of hydrogen-bond donors (Lipinski definition) is 2. The third-order valence-corrected chi connectivity index (χ3v) is 4.15. The molecule has 1 aromatic carbocycles. The van der Waals surface area contributed by atoms with Crippen molar-refractivity contribution in [2.75, 3.05) is 6.61 Å². The molecule has 0 radical (unpaired) electrons. The van der Waals surface area contributed by atoms with E-state index in [1.165, 1.54) is 0 Å². The van der Waals surface area contributed by atoms with Crippen molar-refractivity contribution in [3.05, 3.63) is 44.6 Å². The molecule has 1 aromatic heterocycles. The van der Waals surface area contributed by atoms with Crippen molar-refractivity contribution in [2.45, 2.75) is 13.5 Å². The van der Waals surface area contributed by atoms with Crippen LogP contribution < -0.4 is 15.2 Å². The normalized spacial score (nSPS) is 10.3. The lowest BCUT2D eigenvalue weighted by atomic mass is 10.2. The fourth-order valence-corrected chi connectivity index (χ4v) is 3.04. The van der Waals surface area contributed by atoms with Crippen LogP contribution in [0.3, 0.4) is 0 Å². The van der Waals surface area contributed by atoms with Crippen LogP contribution in [0.5, 0.6) is 11.5 Å². The zero-order valence-corrected chi connectivity index (χ0v) is 13.4. The van der Waals surface area contributed by atoms with Crippen molar-refractivity contribution < 1.29 is 9.47 Å². The Morgan fingerprint density at radius 3 is 2.65 bits per heavy atom. The van der Waals surface area contributed by atoms with Gasteiger partial charge < -0.3 is 15.2 Å². The predicted molar refractivity (Wildman–Crippen MR) is 85.0 cm³/mol. The predicted octanol–water partition coefficient (Wildman–Crippen LogP) is 3.77. The van der Waals surface area contributed by atoms with Gasteiger partial charge in [0.05, 0.1) is 10.4 Å². The second-order valence-electron chi connectivity index (χ2n) is 4.00. The smallest absolute Gasteiger partial charge is 0.161 e. The van der Waals surface area contributed by atoms with Gasteiger partial charge in [-0.3, -0.25) is 5.41 Å². The highest BCUT2D eigenvalue weighted by Crippen LogP contribution is 2.30. The van der Waals surface area contributed by atoms with Gasteiger partial charge in [-0.15, -0.1) is 11.3 Å². The van der Waals surface area contributed by atoms with Gasteiger partial charge in [0, 0.05) is 10.4 Å². The van der Waals surface area contributed by atoms with E-state index in [9.17, 15) is 0 Å². The van der Waals surface area contributed by atoms with Crippen LogP contribution in [0.25, 0.3) is 0 Å². The van der Waals surface area contributed by atoms with Gasteiger partial charge in [0.15, 0.2) is 11.5 Å². The molecule has 0 atom stereocenters. The Labute approximate surface area is 130 Å². The zero-order valence-electron chi connectivity index (χ0n) is 11.0. The molecule has 0 aliphatic heterocycles. The van der Waals surface area contributed by atoms with Gasteiger partial charge in [-0.05, 0) is 53.2 Å². The maximum atomic E-state index is 7.45. The van der Waals surface area contributed by atoms with Crippen LogP contribution in [0, 0.1) is 5.41 Å². The highest BCUT2D eigenvalue weighted by atomic mass is 79.9. The van der Waals surface area contributed by atoms with E-state index in [4.69, 9.17) is 20.6 Å². The van der Waals surface area contributed by atoms with Crippen LogP contribution in [0.1, 0.15) is 17.4 Å². The van der Waals surface area contributed by atoms with E-state index in [-0.39, 0.29) is 5.84 Å². The van der Waals surface area contributed by atoms with Gasteiger partial charge in [0.1, 0.15) is 12.4 Å². The molecular weight excluding hydrogens is 340 g/mol. The lowest BCUT2D eigenvalue weighted by Crippen LogP contribution is -2.11. The molecule has 106 valence electrons. The second kappa shape index (κ2) is 6.76. The van der Waals surface area contributed by atoms with Gasteiger partial charge in [0.25, 0.3) is 0 Å². The Kier molecular flexibility index (Phi) is 5.03. The minimum atomic E-state index is 0.0136. The third kappa shape index (κ3) is 3.74. The molecule has 0 unspecified atom stereocenters. The molecule has 0 spiro atoms. The minimum absolute atomic E-state index is 0.0136. The highest BCUT2D eigenvalue weighted by molar-refractivity contribution is 9.11. The largest absolute Gasteiger partial charge is 0.490 e. The van der Waals surface area contributed by atoms with Crippen molar-refractivity contribution in [2.24, 2.45) is 5.73 Å². The molecular formula is C14H15BrN2O2S. The average Bonchev–Trinajstić information content (AvgIpc) is 2.83. The minimum Gasteiger partial charge on any atom is -0.490 e. The van der Waals surface area contributed by atoms with Crippen molar-refractivity contribution in [3.8, 4) is 11.5 Å². The molecule has 3 N–H and O–H groups in total. The number of halogens is 1. The van der Waals surface area contributed by atoms with Crippen LogP contribution in [0.15, 0.2) is 34.1 Å². The molecule has 2 rings (SSSR count). The first-order valence-corrected chi connectivity index (χ1v) is 7.69. The van der Waals surface area contributed by atoms with Crippen LogP contribution in [-0.4, -0.2) is 12.4 Å². The highest BCUT2D eigenvalue weighted by Gasteiger charge is 2.09. The Hall–Kier alpha value is -1.53. The summed E-state index contributed by atoms with van der Waals surface area (Å²) in [6.07, 6.45) is 0. The van der Waals surface area contributed by atoms with Crippen LogP contribution in [-0.2, 0) is 6.61 Å². The molecule has 4 nitrogen and oxygen atoms in total. The lowest BCUT2D eigenvalue weighted by Gasteiger charge is -2.12. The van der Waals surface area contributed by atoms with Gasteiger partial charge in [0.2, 0.25) is 0 Å². The number of thiophene rings is 1. The topological polar surface area (TPSA) is 68.3 Å². The van der Waals surface area contributed by atoms with Gasteiger partial charge in [-0.25, -0.2) is 0 Å². The number of hydrogen-bond acceptors (Lipinski definition) is 4. The molecule has 1 heterocycles. The fraction of sp³-hybridized carbons (Fsp3) is 0.214. The zero-order chi connectivity index (χ0) is 14.5. The molecule has 0 saturated carbocycles.